The number of methoxy groups -OCH3 is 1. The van der Waals surface area contributed by atoms with Gasteiger partial charge in [0.1, 0.15) is 0 Å². The van der Waals surface area contributed by atoms with Crippen molar-refractivity contribution in [3.63, 3.8) is 0 Å². The number of hydrogen-bond donors (Lipinski definition) is 2. The highest BCUT2D eigenvalue weighted by molar-refractivity contribution is 14.0. The molecule has 0 aliphatic heterocycles. The monoisotopic (exact) mass is 477 g/mol. The van der Waals surface area contributed by atoms with Crippen LogP contribution in [-0.2, 0) is 17.8 Å². The van der Waals surface area contributed by atoms with Crippen molar-refractivity contribution in [1.29, 1.82) is 0 Å². The number of aliphatic imine (C=N–C) groups is 1. The molecule has 0 aliphatic rings. The molecule has 0 fully saturated rings. The van der Waals surface area contributed by atoms with Gasteiger partial charge < -0.3 is 25.2 Å². The molecule has 150 valence electrons. The van der Waals surface area contributed by atoms with Gasteiger partial charge in [0.15, 0.2) is 5.96 Å². The van der Waals surface area contributed by atoms with Gasteiger partial charge in [-0.1, -0.05) is 24.3 Å². The predicted molar refractivity (Wildman–Crippen MR) is 121 cm³/mol. The van der Waals surface area contributed by atoms with Gasteiger partial charge in [0, 0.05) is 53.5 Å². The summed E-state index contributed by atoms with van der Waals surface area (Å²) in [6, 6.07) is 8.70. The Morgan fingerprint density at radius 1 is 1.04 bits per heavy atom. The fourth-order valence-corrected chi connectivity index (χ4v) is 2.49. The molecule has 0 aliphatic carbocycles. The molecule has 0 bridgehead atoms. The molecule has 0 spiro atoms. The molecule has 0 saturated carbocycles. The molecule has 7 heteroatoms. The first-order chi connectivity index (χ1) is 12.0. The lowest BCUT2D eigenvalue weighted by Gasteiger charge is -2.18. The molecule has 6 nitrogen and oxygen atoms in total. The summed E-state index contributed by atoms with van der Waals surface area (Å²) < 4.78 is 5.08. The summed E-state index contributed by atoms with van der Waals surface area (Å²) in [4.78, 5) is 8.75. The molecular weight excluding hydrogens is 441 g/mol. The van der Waals surface area contributed by atoms with Gasteiger partial charge >= 0.3 is 0 Å². The van der Waals surface area contributed by atoms with Crippen LogP contribution in [0.4, 0.5) is 0 Å². The quantitative estimate of drug-likeness (QED) is 0.221. The van der Waals surface area contributed by atoms with E-state index in [4.69, 9.17) is 4.74 Å². The average Bonchev–Trinajstić information content (AvgIpc) is 2.59. The number of nitrogens with zero attached hydrogens (tertiary/aromatic N) is 3. The number of hydrogen-bond acceptors (Lipinski definition) is 4. The third-order valence-electron chi connectivity index (χ3n) is 3.88. The number of rotatable bonds is 11. The summed E-state index contributed by atoms with van der Waals surface area (Å²) in [5.41, 5.74) is 2.58. The molecule has 1 aromatic rings. The Hall–Kier alpha value is -0.900. The maximum Gasteiger partial charge on any atom is 0.191 e. The number of likely N-dealkylation sites (N-methyl/N-ethyl adjacent to an activating group) is 1. The van der Waals surface area contributed by atoms with Gasteiger partial charge in [-0.2, -0.15) is 0 Å². The van der Waals surface area contributed by atoms with Gasteiger partial charge in [0.25, 0.3) is 0 Å². The van der Waals surface area contributed by atoms with Crippen LogP contribution in [0, 0.1) is 0 Å². The largest absolute Gasteiger partial charge is 0.385 e. The van der Waals surface area contributed by atoms with Crippen LogP contribution in [-0.4, -0.2) is 77.3 Å². The fraction of sp³-hybridized carbons (Fsp3) is 0.632. The Kier molecular flexibility index (Phi) is 14.7. The maximum absolute atomic E-state index is 5.08. The second-order valence-electron chi connectivity index (χ2n) is 6.56. The van der Waals surface area contributed by atoms with Gasteiger partial charge in [0.2, 0.25) is 0 Å². The van der Waals surface area contributed by atoms with Crippen molar-refractivity contribution in [3.05, 3.63) is 35.4 Å². The Balaban J connectivity index is 0.00000625. The molecule has 0 heterocycles. The van der Waals surface area contributed by atoms with Gasteiger partial charge in [-0.15, -0.1) is 24.0 Å². The minimum atomic E-state index is 0. The molecule has 0 amide bonds. The van der Waals surface area contributed by atoms with E-state index >= 15 is 0 Å². The second-order valence-corrected chi connectivity index (χ2v) is 6.56. The summed E-state index contributed by atoms with van der Waals surface area (Å²) in [5.74, 6) is 0.836. The molecule has 0 radical (unpaired) electrons. The minimum Gasteiger partial charge on any atom is -0.385 e. The first kappa shape index (κ1) is 25.1. The van der Waals surface area contributed by atoms with Crippen molar-refractivity contribution in [2.24, 2.45) is 4.99 Å². The van der Waals surface area contributed by atoms with Crippen molar-refractivity contribution in [2.45, 2.75) is 19.5 Å². The van der Waals surface area contributed by atoms with Crippen LogP contribution in [0.2, 0.25) is 0 Å². The van der Waals surface area contributed by atoms with Crippen LogP contribution in [0.1, 0.15) is 17.5 Å². The van der Waals surface area contributed by atoms with E-state index in [-0.39, 0.29) is 24.0 Å². The van der Waals surface area contributed by atoms with Crippen molar-refractivity contribution in [2.75, 3.05) is 61.5 Å². The van der Waals surface area contributed by atoms with E-state index in [1.165, 1.54) is 11.1 Å². The zero-order valence-corrected chi connectivity index (χ0v) is 19.2. The number of nitrogens with one attached hydrogen (secondary N) is 2. The van der Waals surface area contributed by atoms with Crippen LogP contribution in [0.5, 0.6) is 0 Å². The number of halogens is 1. The minimum absolute atomic E-state index is 0. The molecule has 0 saturated heterocycles. The lowest BCUT2D eigenvalue weighted by Crippen LogP contribution is -2.40. The lowest BCUT2D eigenvalue weighted by atomic mass is 10.1. The summed E-state index contributed by atoms with van der Waals surface area (Å²) in [5, 5.41) is 6.72. The van der Waals surface area contributed by atoms with E-state index < -0.39 is 0 Å². The lowest BCUT2D eigenvalue weighted by molar-refractivity contribution is 0.180. The standard InChI is InChI=1S/C19H35N5O.HI/c1-20-19(21-11-13-24(4)12-6-14-25-5)22-15-17-7-9-18(10-8-17)16-23(2)3;/h7-10H,6,11-16H2,1-5H3,(H2,20,21,22);1H. The predicted octanol–water partition coefficient (Wildman–Crippen LogP) is 2.00. The second kappa shape index (κ2) is 15.2. The third-order valence-corrected chi connectivity index (χ3v) is 3.88. The first-order valence-corrected chi connectivity index (χ1v) is 8.89. The molecule has 0 unspecified atom stereocenters. The molecule has 26 heavy (non-hydrogen) atoms. The first-order valence-electron chi connectivity index (χ1n) is 8.89. The summed E-state index contributed by atoms with van der Waals surface area (Å²) in [7, 11) is 9.84. The Labute approximate surface area is 176 Å². The van der Waals surface area contributed by atoms with Crippen LogP contribution in [0.25, 0.3) is 0 Å². The maximum atomic E-state index is 5.08. The van der Waals surface area contributed by atoms with E-state index in [9.17, 15) is 0 Å². The molecule has 2 N–H and O–H groups in total. The van der Waals surface area contributed by atoms with E-state index in [1.54, 1.807) is 14.2 Å². The van der Waals surface area contributed by atoms with Gasteiger partial charge in [-0.25, -0.2) is 0 Å². The Morgan fingerprint density at radius 2 is 1.69 bits per heavy atom. The van der Waals surface area contributed by atoms with Crippen LogP contribution >= 0.6 is 24.0 Å². The Bertz CT molecular complexity index is 493. The summed E-state index contributed by atoms with van der Waals surface area (Å²) in [6.45, 7) is 5.43. The molecule has 1 rings (SSSR count). The molecule has 0 aromatic heterocycles. The zero-order valence-electron chi connectivity index (χ0n) is 16.9. The normalized spacial score (nSPS) is 11.6. The van der Waals surface area contributed by atoms with Crippen molar-refractivity contribution < 1.29 is 4.74 Å². The van der Waals surface area contributed by atoms with E-state index in [1.807, 2.05) is 0 Å². The highest BCUT2D eigenvalue weighted by atomic mass is 127. The van der Waals surface area contributed by atoms with Gasteiger partial charge in [-0.3, -0.25) is 4.99 Å². The topological polar surface area (TPSA) is 52.1 Å². The summed E-state index contributed by atoms with van der Waals surface area (Å²) in [6.07, 6.45) is 1.06. The number of ether oxygens (including phenoxy) is 1. The van der Waals surface area contributed by atoms with Crippen LogP contribution in [0.15, 0.2) is 29.3 Å². The van der Waals surface area contributed by atoms with Crippen molar-refractivity contribution >= 4 is 29.9 Å². The van der Waals surface area contributed by atoms with Crippen LogP contribution < -0.4 is 10.6 Å². The summed E-state index contributed by atoms with van der Waals surface area (Å²) >= 11 is 0. The van der Waals surface area contributed by atoms with E-state index in [0.29, 0.717) is 0 Å². The molecular formula is C19H36IN5O. The van der Waals surface area contributed by atoms with Crippen LogP contribution in [0.3, 0.4) is 0 Å². The van der Waals surface area contributed by atoms with Gasteiger partial charge in [-0.05, 0) is 38.7 Å². The average molecular weight is 477 g/mol. The fourth-order valence-electron chi connectivity index (χ4n) is 2.49. The number of benzene rings is 1. The number of guanidine groups is 1. The third kappa shape index (κ3) is 11.7. The zero-order chi connectivity index (χ0) is 18.5. The highest BCUT2D eigenvalue weighted by Gasteiger charge is 2.01. The van der Waals surface area contributed by atoms with E-state index in [0.717, 1.165) is 51.7 Å². The SMILES string of the molecule is CN=C(NCCN(C)CCCOC)NCc1ccc(CN(C)C)cc1.I. The van der Waals surface area contributed by atoms with Crippen molar-refractivity contribution in [3.8, 4) is 0 Å². The molecule has 0 atom stereocenters. The highest BCUT2D eigenvalue weighted by Crippen LogP contribution is 2.05. The van der Waals surface area contributed by atoms with Gasteiger partial charge in [0.05, 0.1) is 0 Å². The van der Waals surface area contributed by atoms with Crippen molar-refractivity contribution in [1.82, 2.24) is 20.4 Å². The molecule has 1 aromatic carbocycles. The van der Waals surface area contributed by atoms with E-state index in [2.05, 4.69) is 70.8 Å². The smallest absolute Gasteiger partial charge is 0.191 e. The Morgan fingerprint density at radius 3 is 2.27 bits per heavy atom.